The Morgan fingerprint density at radius 3 is 2.50 bits per heavy atom. The lowest BCUT2D eigenvalue weighted by atomic mass is 9.76. The summed E-state index contributed by atoms with van der Waals surface area (Å²) < 4.78 is 5.54. The molecule has 2 heteroatoms. The zero-order valence-corrected chi connectivity index (χ0v) is 8.02. The Morgan fingerprint density at radius 1 is 1.50 bits per heavy atom. The maximum atomic E-state index is 11.7. The maximum absolute atomic E-state index is 11.7. The molecule has 2 fully saturated rings. The van der Waals surface area contributed by atoms with Gasteiger partial charge in [0.2, 0.25) is 0 Å². The number of epoxide rings is 1. The largest absolute Gasteiger partial charge is 0.355 e. The molecule has 0 aromatic rings. The summed E-state index contributed by atoms with van der Waals surface area (Å²) in [7, 11) is 0. The molecule has 1 aliphatic carbocycles. The molecule has 0 unspecified atom stereocenters. The molecule has 1 heterocycles. The van der Waals surface area contributed by atoms with E-state index in [-0.39, 0.29) is 11.2 Å². The number of ketones is 1. The summed E-state index contributed by atoms with van der Waals surface area (Å²) in [6, 6.07) is 0. The number of rotatable bonds is 0. The summed E-state index contributed by atoms with van der Waals surface area (Å²) in [6.45, 7) is 6.17. The molecule has 1 saturated carbocycles. The van der Waals surface area contributed by atoms with Gasteiger partial charge >= 0.3 is 0 Å². The normalized spacial score (nSPS) is 44.9. The van der Waals surface area contributed by atoms with Crippen molar-refractivity contribution in [3.05, 3.63) is 0 Å². The van der Waals surface area contributed by atoms with Crippen molar-refractivity contribution >= 4 is 5.78 Å². The fourth-order valence-corrected chi connectivity index (χ4v) is 2.33. The summed E-state index contributed by atoms with van der Waals surface area (Å²) in [6.07, 6.45) is 2.78. The minimum Gasteiger partial charge on any atom is -0.355 e. The molecular weight excluding hydrogens is 152 g/mol. The van der Waals surface area contributed by atoms with Crippen molar-refractivity contribution < 1.29 is 9.53 Å². The van der Waals surface area contributed by atoms with E-state index in [4.69, 9.17) is 4.74 Å². The number of carbonyl (C=O) groups is 1. The summed E-state index contributed by atoms with van der Waals surface area (Å²) in [5, 5.41) is 0. The van der Waals surface area contributed by atoms with Crippen LogP contribution in [0.15, 0.2) is 0 Å². The third-order valence-electron chi connectivity index (χ3n) is 3.33. The van der Waals surface area contributed by atoms with Crippen LogP contribution in [0.1, 0.15) is 40.0 Å². The highest BCUT2D eigenvalue weighted by atomic mass is 16.6. The average Bonchev–Trinajstić information content (AvgIpc) is 2.48. The Labute approximate surface area is 73.3 Å². The van der Waals surface area contributed by atoms with E-state index in [0.717, 1.165) is 12.8 Å². The van der Waals surface area contributed by atoms with E-state index in [0.29, 0.717) is 18.1 Å². The second-order valence-corrected chi connectivity index (χ2v) is 4.71. The first kappa shape index (κ1) is 8.24. The zero-order chi connectivity index (χ0) is 8.98. The van der Waals surface area contributed by atoms with Crippen LogP contribution in [0.2, 0.25) is 0 Å². The van der Waals surface area contributed by atoms with Crippen LogP contribution >= 0.6 is 0 Å². The van der Waals surface area contributed by atoms with Gasteiger partial charge in [0.15, 0.2) is 11.4 Å². The quantitative estimate of drug-likeness (QED) is 0.517. The predicted molar refractivity (Wildman–Crippen MR) is 45.9 cm³/mol. The van der Waals surface area contributed by atoms with E-state index in [2.05, 4.69) is 6.92 Å². The fourth-order valence-electron chi connectivity index (χ4n) is 2.33. The van der Waals surface area contributed by atoms with Crippen LogP contribution in [-0.4, -0.2) is 17.0 Å². The predicted octanol–water partition coefficient (Wildman–Crippen LogP) is 1.92. The van der Waals surface area contributed by atoms with Crippen molar-refractivity contribution in [2.45, 2.75) is 51.2 Å². The third-order valence-corrected chi connectivity index (χ3v) is 3.33. The van der Waals surface area contributed by atoms with Gasteiger partial charge in [-0.2, -0.15) is 0 Å². The van der Waals surface area contributed by atoms with Crippen molar-refractivity contribution in [2.24, 2.45) is 5.92 Å². The van der Waals surface area contributed by atoms with E-state index in [9.17, 15) is 4.79 Å². The lowest BCUT2D eigenvalue weighted by molar-refractivity contribution is -0.127. The SMILES string of the molecule is C[C@H]1CC[C@]2(OC2(C)C)C(=O)C1. The Morgan fingerprint density at radius 2 is 2.08 bits per heavy atom. The van der Waals surface area contributed by atoms with E-state index >= 15 is 0 Å². The van der Waals surface area contributed by atoms with Gasteiger partial charge < -0.3 is 4.74 Å². The summed E-state index contributed by atoms with van der Waals surface area (Å²) in [5.74, 6) is 0.884. The highest BCUT2D eigenvalue weighted by molar-refractivity contribution is 5.92. The van der Waals surface area contributed by atoms with Crippen molar-refractivity contribution in [1.82, 2.24) is 0 Å². The smallest absolute Gasteiger partial charge is 0.167 e. The van der Waals surface area contributed by atoms with E-state index < -0.39 is 0 Å². The summed E-state index contributed by atoms with van der Waals surface area (Å²) in [5.41, 5.74) is -0.552. The molecule has 68 valence electrons. The molecule has 2 rings (SSSR count). The Kier molecular flexibility index (Phi) is 1.45. The first-order valence-corrected chi connectivity index (χ1v) is 4.71. The van der Waals surface area contributed by atoms with E-state index in [1.54, 1.807) is 0 Å². The van der Waals surface area contributed by atoms with Crippen molar-refractivity contribution in [2.75, 3.05) is 0 Å². The number of carbonyl (C=O) groups excluding carboxylic acids is 1. The van der Waals surface area contributed by atoms with Crippen LogP contribution in [0.4, 0.5) is 0 Å². The van der Waals surface area contributed by atoms with E-state index in [1.807, 2.05) is 13.8 Å². The third kappa shape index (κ3) is 0.875. The van der Waals surface area contributed by atoms with Gasteiger partial charge in [-0.3, -0.25) is 4.79 Å². The molecule has 2 atom stereocenters. The highest BCUT2D eigenvalue weighted by Gasteiger charge is 2.68. The van der Waals surface area contributed by atoms with Crippen LogP contribution < -0.4 is 0 Å². The van der Waals surface area contributed by atoms with Crippen LogP contribution in [0, 0.1) is 5.92 Å². The maximum Gasteiger partial charge on any atom is 0.167 e. The topological polar surface area (TPSA) is 29.6 Å². The Bertz CT molecular complexity index is 232. The summed E-state index contributed by atoms with van der Waals surface area (Å²) in [4.78, 5) is 11.7. The van der Waals surface area contributed by atoms with Gasteiger partial charge in [0.05, 0.1) is 0 Å². The van der Waals surface area contributed by atoms with Crippen molar-refractivity contribution in [1.29, 1.82) is 0 Å². The highest BCUT2D eigenvalue weighted by Crippen LogP contribution is 2.54. The summed E-state index contributed by atoms with van der Waals surface area (Å²) >= 11 is 0. The number of ether oxygens (including phenoxy) is 1. The molecule has 0 aromatic heterocycles. The van der Waals surface area contributed by atoms with Gasteiger partial charge in [-0.25, -0.2) is 0 Å². The minimum atomic E-state index is -0.375. The minimum absolute atomic E-state index is 0.176. The van der Waals surface area contributed by atoms with Crippen molar-refractivity contribution in [3.63, 3.8) is 0 Å². The molecule has 1 spiro atoms. The Balaban J connectivity index is 2.16. The van der Waals surface area contributed by atoms with Crippen LogP contribution in [0.25, 0.3) is 0 Å². The van der Waals surface area contributed by atoms with Gasteiger partial charge in [-0.1, -0.05) is 6.92 Å². The van der Waals surface area contributed by atoms with Crippen LogP contribution in [0.3, 0.4) is 0 Å². The van der Waals surface area contributed by atoms with Gasteiger partial charge in [0.25, 0.3) is 0 Å². The van der Waals surface area contributed by atoms with Gasteiger partial charge in [-0.15, -0.1) is 0 Å². The molecule has 2 nitrogen and oxygen atoms in total. The van der Waals surface area contributed by atoms with Gasteiger partial charge in [0, 0.05) is 6.42 Å². The van der Waals surface area contributed by atoms with Crippen LogP contribution in [-0.2, 0) is 9.53 Å². The molecule has 1 saturated heterocycles. The number of hydrogen-bond acceptors (Lipinski definition) is 2. The van der Waals surface area contributed by atoms with Gasteiger partial charge in [0.1, 0.15) is 5.60 Å². The molecule has 0 aromatic carbocycles. The van der Waals surface area contributed by atoms with Crippen molar-refractivity contribution in [3.8, 4) is 0 Å². The molecule has 0 bridgehead atoms. The monoisotopic (exact) mass is 168 g/mol. The molecular formula is C10H16O2. The van der Waals surface area contributed by atoms with E-state index in [1.165, 1.54) is 0 Å². The number of Topliss-reactive ketones (excluding diaryl/α,β-unsaturated/α-hetero) is 1. The fraction of sp³-hybridized carbons (Fsp3) is 0.900. The first-order valence-electron chi connectivity index (χ1n) is 4.71. The second-order valence-electron chi connectivity index (χ2n) is 4.71. The molecule has 0 amide bonds. The first-order chi connectivity index (χ1) is 5.48. The van der Waals surface area contributed by atoms with Gasteiger partial charge in [-0.05, 0) is 32.6 Å². The molecule has 0 radical (unpaired) electrons. The standard InChI is InChI=1S/C10H16O2/c1-7-4-5-10(8(11)6-7)9(2,3)12-10/h7H,4-6H2,1-3H3/t7-,10-/m0/s1. The lowest BCUT2D eigenvalue weighted by Gasteiger charge is -2.23. The lowest BCUT2D eigenvalue weighted by Crippen LogP contribution is -2.36. The Hall–Kier alpha value is -0.370. The zero-order valence-electron chi connectivity index (χ0n) is 8.02. The average molecular weight is 168 g/mol. The van der Waals surface area contributed by atoms with Crippen LogP contribution in [0.5, 0.6) is 0 Å². The second kappa shape index (κ2) is 2.11. The molecule has 0 N–H and O–H groups in total. The molecule has 2 aliphatic rings. The molecule has 1 aliphatic heterocycles. The number of hydrogen-bond donors (Lipinski definition) is 0. The molecule has 12 heavy (non-hydrogen) atoms.